The van der Waals surface area contributed by atoms with Crippen molar-refractivity contribution in [2.24, 2.45) is 14.1 Å². The Kier molecular flexibility index (Phi) is 6.25. The number of halogens is 1. The minimum absolute atomic E-state index is 0.0672. The van der Waals surface area contributed by atoms with Gasteiger partial charge in [-0.15, -0.1) is 0 Å². The van der Waals surface area contributed by atoms with Crippen molar-refractivity contribution in [3.63, 3.8) is 0 Å². The van der Waals surface area contributed by atoms with Crippen molar-refractivity contribution < 1.29 is 19.0 Å². The van der Waals surface area contributed by atoms with E-state index < -0.39 is 17.2 Å². The lowest BCUT2D eigenvalue weighted by Crippen LogP contribution is -2.38. The number of carbonyl (C=O) groups excluding carboxylic acids is 1. The molecule has 1 amide bonds. The largest absolute Gasteiger partial charge is 0.493 e. The first-order chi connectivity index (χ1) is 14.7. The second kappa shape index (κ2) is 8.72. The summed E-state index contributed by atoms with van der Waals surface area (Å²) in [6, 6.07) is 3.43. The van der Waals surface area contributed by atoms with Crippen molar-refractivity contribution in [1.29, 1.82) is 0 Å². The van der Waals surface area contributed by atoms with E-state index in [0.717, 1.165) is 4.57 Å². The predicted molar refractivity (Wildman–Crippen MR) is 113 cm³/mol. The van der Waals surface area contributed by atoms with Crippen LogP contribution in [0.5, 0.6) is 17.2 Å². The Bertz CT molecular complexity index is 1250. The van der Waals surface area contributed by atoms with Gasteiger partial charge in [0.15, 0.2) is 22.7 Å². The highest BCUT2D eigenvalue weighted by Crippen LogP contribution is 2.38. The molecule has 0 unspecified atom stereocenters. The molecule has 0 bridgehead atoms. The number of methoxy groups -OCH3 is 3. The zero-order chi connectivity index (χ0) is 22.9. The van der Waals surface area contributed by atoms with Crippen molar-refractivity contribution in [2.45, 2.75) is 13.1 Å². The number of ether oxygens (including phenoxy) is 3. The Morgan fingerprint density at radius 1 is 1.06 bits per heavy atom. The highest BCUT2D eigenvalue weighted by Gasteiger charge is 2.20. The molecule has 0 aliphatic carbocycles. The molecule has 1 aromatic carbocycles. The fraction of sp³-hybridized carbons (Fsp3) is 0.368. The molecule has 2 aromatic heterocycles. The molecule has 0 saturated carbocycles. The van der Waals surface area contributed by atoms with Crippen LogP contribution in [0.25, 0.3) is 11.2 Å². The number of nitrogens with zero attached hydrogens (tertiary/aromatic N) is 4. The first kappa shape index (κ1) is 22.2. The lowest BCUT2D eigenvalue weighted by molar-refractivity contribution is -0.121. The molecule has 12 heteroatoms. The molecule has 31 heavy (non-hydrogen) atoms. The first-order valence-corrected chi connectivity index (χ1v) is 9.48. The summed E-state index contributed by atoms with van der Waals surface area (Å²) in [4.78, 5) is 41.3. The van der Waals surface area contributed by atoms with E-state index >= 15 is 0 Å². The number of hydrogen-bond donors (Lipinski definition) is 1. The van der Waals surface area contributed by atoms with Crippen molar-refractivity contribution in [2.75, 3.05) is 21.3 Å². The third kappa shape index (κ3) is 3.96. The van der Waals surface area contributed by atoms with Gasteiger partial charge in [-0.25, -0.2) is 4.79 Å². The molecule has 0 fully saturated rings. The number of hydrogen-bond acceptors (Lipinski definition) is 7. The van der Waals surface area contributed by atoms with Gasteiger partial charge in [-0.05, 0) is 29.3 Å². The van der Waals surface area contributed by atoms with Crippen LogP contribution in [0.2, 0.25) is 5.28 Å². The van der Waals surface area contributed by atoms with E-state index in [4.69, 9.17) is 25.8 Å². The Morgan fingerprint density at radius 3 is 2.23 bits per heavy atom. The smallest absolute Gasteiger partial charge is 0.332 e. The monoisotopic (exact) mass is 451 g/mol. The molecule has 3 aromatic rings. The van der Waals surface area contributed by atoms with Crippen LogP contribution in [0.1, 0.15) is 5.56 Å². The third-order valence-electron chi connectivity index (χ3n) is 4.82. The van der Waals surface area contributed by atoms with E-state index in [1.54, 1.807) is 12.1 Å². The molecule has 0 spiro atoms. The number of fused-ring (bicyclic) bond motifs is 1. The highest BCUT2D eigenvalue weighted by molar-refractivity contribution is 6.29. The lowest BCUT2D eigenvalue weighted by Gasteiger charge is -2.14. The Balaban J connectivity index is 1.86. The molecule has 0 saturated heterocycles. The van der Waals surface area contributed by atoms with Gasteiger partial charge in [0.05, 0.1) is 21.3 Å². The Hall–Kier alpha value is -3.47. The van der Waals surface area contributed by atoms with E-state index in [-0.39, 0.29) is 29.5 Å². The second-order valence-electron chi connectivity index (χ2n) is 6.66. The van der Waals surface area contributed by atoms with Crippen molar-refractivity contribution in [1.82, 2.24) is 24.0 Å². The van der Waals surface area contributed by atoms with E-state index in [1.807, 2.05) is 0 Å². The summed E-state index contributed by atoms with van der Waals surface area (Å²) in [6.07, 6.45) is 0. The van der Waals surface area contributed by atoms with Gasteiger partial charge in [0.25, 0.3) is 5.56 Å². The number of nitrogens with one attached hydrogen (secondary N) is 1. The van der Waals surface area contributed by atoms with Gasteiger partial charge in [0.2, 0.25) is 16.9 Å². The van der Waals surface area contributed by atoms with Crippen LogP contribution in [0.4, 0.5) is 0 Å². The maximum absolute atomic E-state index is 12.6. The highest BCUT2D eigenvalue weighted by atomic mass is 35.5. The van der Waals surface area contributed by atoms with Crippen LogP contribution in [0, 0.1) is 0 Å². The minimum Gasteiger partial charge on any atom is -0.493 e. The van der Waals surface area contributed by atoms with E-state index in [1.165, 1.54) is 44.6 Å². The summed E-state index contributed by atoms with van der Waals surface area (Å²) in [6.45, 7) is -0.0938. The molecular weight excluding hydrogens is 430 g/mol. The summed E-state index contributed by atoms with van der Waals surface area (Å²) < 4.78 is 19.3. The quantitative estimate of drug-likeness (QED) is 0.517. The number of carbonyl (C=O) groups is 1. The number of aromatic nitrogens is 4. The minimum atomic E-state index is -0.588. The molecule has 1 N–H and O–H groups in total. The number of benzene rings is 1. The molecule has 0 atom stereocenters. The van der Waals surface area contributed by atoms with Crippen LogP contribution in [-0.4, -0.2) is 45.9 Å². The summed E-state index contributed by atoms with van der Waals surface area (Å²) in [5.74, 6) is 0.947. The van der Waals surface area contributed by atoms with Gasteiger partial charge >= 0.3 is 5.69 Å². The Labute approximate surface area is 181 Å². The fourth-order valence-electron chi connectivity index (χ4n) is 3.20. The maximum atomic E-state index is 12.6. The van der Waals surface area contributed by atoms with Crippen LogP contribution < -0.4 is 30.8 Å². The first-order valence-electron chi connectivity index (χ1n) is 9.10. The summed E-state index contributed by atoms with van der Waals surface area (Å²) >= 11 is 6.15. The SMILES string of the molecule is COc1cc(CNC(=O)Cn2c(Cl)nc3c2c(=O)n(C)c(=O)n3C)cc(OC)c1OC. The van der Waals surface area contributed by atoms with E-state index in [9.17, 15) is 14.4 Å². The van der Waals surface area contributed by atoms with Crippen molar-refractivity contribution in [3.8, 4) is 17.2 Å². The summed E-state index contributed by atoms with van der Waals surface area (Å²) in [7, 11) is 7.32. The number of amides is 1. The number of rotatable bonds is 7. The fourth-order valence-corrected chi connectivity index (χ4v) is 3.43. The van der Waals surface area contributed by atoms with E-state index in [2.05, 4.69) is 10.3 Å². The van der Waals surface area contributed by atoms with Crippen LogP contribution in [0.15, 0.2) is 21.7 Å². The number of aryl methyl sites for hydroxylation is 1. The molecule has 0 radical (unpaired) electrons. The molecule has 0 aliphatic heterocycles. The lowest BCUT2D eigenvalue weighted by atomic mass is 10.1. The number of imidazole rings is 1. The van der Waals surface area contributed by atoms with E-state index in [0.29, 0.717) is 22.8 Å². The van der Waals surface area contributed by atoms with Crippen LogP contribution in [0.3, 0.4) is 0 Å². The molecule has 11 nitrogen and oxygen atoms in total. The van der Waals surface area contributed by atoms with Crippen molar-refractivity contribution in [3.05, 3.63) is 43.8 Å². The van der Waals surface area contributed by atoms with Gasteiger partial charge in [0.1, 0.15) is 6.54 Å². The summed E-state index contributed by atoms with van der Waals surface area (Å²) in [5, 5.41) is 2.68. The second-order valence-corrected chi connectivity index (χ2v) is 6.99. The standard InChI is InChI=1S/C19H22ClN5O6/c1-23-16-14(17(27)24(2)19(23)28)25(18(20)22-16)9-13(26)21-8-10-6-11(29-3)15(31-5)12(7-10)30-4/h6-7H,8-9H2,1-5H3,(H,21,26). The van der Waals surface area contributed by atoms with Gasteiger partial charge < -0.3 is 19.5 Å². The molecule has 166 valence electrons. The average Bonchev–Trinajstić information content (AvgIpc) is 3.09. The zero-order valence-corrected chi connectivity index (χ0v) is 18.4. The normalized spacial score (nSPS) is 10.9. The molecular formula is C19H22ClN5O6. The average molecular weight is 452 g/mol. The van der Waals surface area contributed by atoms with Gasteiger partial charge in [-0.1, -0.05) is 0 Å². The van der Waals surface area contributed by atoms with Gasteiger partial charge in [-0.3, -0.25) is 23.3 Å². The molecule has 3 rings (SSSR count). The summed E-state index contributed by atoms with van der Waals surface area (Å²) in [5.41, 5.74) is -0.239. The van der Waals surface area contributed by atoms with Crippen LogP contribution >= 0.6 is 11.6 Å². The van der Waals surface area contributed by atoms with Gasteiger partial charge in [-0.2, -0.15) is 4.98 Å². The maximum Gasteiger partial charge on any atom is 0.332 e. The van der Waals surface area contributed by atoms with Crippen LogP contribution in [-0.2, 0) is 32.0 Å². The van der Waals surface area contributed by atoms with Gasteiger partial charge in [0, 0.05) is 20.6 Å². The third-order valence-corrected chi connectivity index (χ3v) is 5.11. The topological polar surface area (TPSA) is 119 Å². The predicted octanol–water partition coefficient (Wildman–Crippen LogP) is 0.429. The van der Waals surface area contributed by atoms with Crippen molar-refractivity contribution >= 4 is 28.7 Å². The molecule has 2 heterocycles. The molecule has 0 aliphatic rings. The Morgan fingerprint density at radius 2 is 1.68 bits per heavy atom. The zero-order valence-electron chi connectivity index (χ0n) is 17.7.